The van der Waals surface area contributed by atoms with Gasteiger partial charge in [-0.05, 0) is 61.0 Å². The molecule has 32 heavy (non-hydrogen) atoms. The van der Waals surface area contributed by atoms with Gasteiger partial charge in [0, 0.05) is 29.2 Å². The van der Waals surface area contributed by atoms with Crippen molar-refractivity contribution in [1.29, 1.82) is 0 Å². The Morgan fingerprint density at radius 2 is 1.88 bits per heavy atom. The van der Waals surface area contributed by atoms with Crippen molar-refractivity contribution in [3.63, 3.8) is 0 Å². The fourth-order valence-corrected chi connectivity index (χ4v) is 3.49. The monoisotopic (exact) mass is 424 g/mol. The number of amides is 1. The first-order chi connectivity index (χ1) is 15.6. The highest BCUT2D eigenvalue weighted by atomic mass is 16.5. The fourth-order valence-electron chi connectivity index (χ4n) is 3.49. The highest BCUT2D eigenvalue weighted by Gasteiger charge is 2.12. The van der Waals surface area contributed by atoms with E-state index in [2.05, 4.69) is 20.5 Å². The minimum Gasteiger partial charge on any atom is -0.497 e. The van der Waals surface area contributed by atoms with E-state index in [-0.39, 0.29) is 5.91 Å². The second kappa shape index (κ2) is 7.99. The van der Waals surface area contributed by atoms with Gasteiger partial charge < -0.3 is 10.1 Å². The quantitative estimate of drug-likeness (QED) is 0.458. The number of aromatic nitrogens is 5. The highest BCUT2D eigenvalue weighted by molar-refractivity contribution is 6.04. The number of rotatable bonds is 5. The van der Waals surface area contributed by atoms with Crippen LogP contribution in [0, 0.1) is 6.92 Å². The number of imidazole rings is 1. The molecule has 0 unspecified atom stereocenters. The third-order valence-electron chi connectivity index (χ3n) is 5.22. The molecule has 0 saturated carbocycles. The van der Waals surface area contributed by atoms with Gasteiger partial charge in [-0.2, -0.15) is 10.2 Å². The summed E-state index contributed by atoms with van der Waals surface area (Å²) in [4.78, 5) is 17.0. The average molecular weight is 424 g/mol. The lowest BCUT2D eigenvalue weighted by atomic mass is 10.1. The van der Waals surface area contributed by atoms with Crippen LogP contribution in [0.3, 0.4) is 0 Å². The molecule has 0 saturated heterocycles. The van der Waals surface area contributed by atoms with Gasteiger partial charge in [-0.3, -0.25) is 4.79 Å². The first-order valence-corrected chi connectivity index (χ1v) is 10.0. The lowest BCUT2D eigenvalue weighted by Crippen LogP contribution is -2.12. The third-order valence-corrected chi connectivity index (χ3v) is 5.22. The normalized spacial score (nSPS) is 10.9. The zero-order valence-electron chi connectivity index (χ0n) is 17.6. The summed E-state index contributed by atoms with van der Waals surface area (Å²) in [6.07, 6.45) is 7.21. The Morgan fingerprint density at radius 1 is 1.03 bits per heavy atom. The fraction of sp³-hybridized carbons (Fsp3) is 0.0833. The molecular weight excluding hydrogens is 404 g/mol. The van der Waals surface area contributed by atoms with Crippen LogP contribution in [0.1, 0.15) is 15.9 Å². The Labute approximate surface area is 184 Å². The number of benzene rings is 2. The van der Waals surface area contributed by atoms with Crippen molar-refractivity contribution in [3.8, 4) is 22.7 Å². The summed E-state index contributed by atoms with van der Waals surface area (Å²) in [6, 6.07) is 16.5. The van der Waals surface area contributed by atoms with Crippen LogP contribution in [0.25, 0.3) is 22.6 Å². The number of methoxy groups -OCH3 is 1. The van der Waals surface area contributed by atoms with Crippen molar-refractivity contribution >= 4 is 17.2 Å². The Balaban J connectivity index is 1.42. The van der Waals surface area contributed by atoms with Crippen molar-refractivity contribution in [2.45, 2.75) is 6.92 Å². The maximum Gasteiger partial charge on any atom is 0.255 e. The predicted molar refractivity (Wildman–Crippen MR) is 121 cm³/mol. The molecule has 3 aromatic heterocycles. The van der Waals surface area contributed by atoms with Crippen molar-refractivity contribution < 1.29 is 9.53 Å². The molecule has 2 aromatic carbocycles. The summed E-state index contributed by atoms with van der Waals surface area (Å²) in [6.45, 7) is 2.00. The van der Waals surface area contributed by atoms with Crippen LogP contribution in [-0.2, 0) is 0 Å². The van der Waals surface area contributed by atoms with E-state index in [4.69, 9.17) is 4.74 Å². The number of aryl methyl sites for hydroxylation is 1. The zero-order valence-corrected chi connectivity index (χ0v) is 17.6. The summed E-state index contributed by atoms with van der Waals surface area (Å²) in [7, 11) is 1.59. The van der Waals surface area contributed by atoms with E-state index in [0.29, 0.717) is 17.0 Å². The Bertz CT molecular complexity index is 1420. The lowest BCUT2D eigenvalue weighted by Gasteiger charge is -2.11. The number of hydrogen-bond donors (Lipinski definition) is 1. The van der Waals surface area contributed by atoms with Crippen LogP contribution < -0.4 is 10.1 Å². The molecule has 0 spiro atoms. The molecule has 1 amide bonds. The number of fused-ring (bicyclic) bond motifs is 1. The smallest absolute Gasteiger partial charge is 0.255 e. The number of nitrogens with one attached hydrogen (secondary N) is 1. The number of carbonyl (C=O) groups is 1. The van der Waals surface area contributed by atoms with Gasteiger partial charge >= 0.3 is 0 Å². The van der Waals surface area contributed by atoms with E-state index in [1.165, 1.54) is 0 Å². The number of ether oxygens (including phenoxy) is 1. The highest BCUT2D eigenvalue weighted by Crippen LogP contribution is 2.24. The van der Waals surface area contributed by atoms with Crippen LogP contribution >= 0.6 is 0 Å². The first kappa shape index (κ1) is 19.5. The van der Waals surface area contributed by atoms with Crippen LogP contribution in [0.15, 0.2) is 79.4 Å². The molecule has 3 heterocycles. The van der Waals surface area contributed by atoms with Crippen LogP contribution in [0.5, 0.6) is 5.75 Å². The topological polar surface area (TPSA) is 86.3 Å². The Kier molecular flexibility index (Phi) is 4.87. The molecule has 0 aliphatic heterocycles. The molecule has 0 aliphatic rings. The van der Waals surface area contributed by atoms with Crippen LogP contribution in [0.4, 0.5) is 5.69 Å². The second-order valence-corrected chi connectivity index (χ2v) is 7.29. The molecule has 0 aliphatic carbocycles. The third kappa shape index (κ3) is 3.58. The molecule has 0 fully saturated rings. The van der Waals surface area contributed by atoms with Gasteiger partial charge in [0.05, 0.1) is 30.9 Å². The summed E-state index contributed by atoms with van der Waals surface area (Å²) in [5.41, 5.74) is 5.64. The summed E-state index contributed by atoms with van der Waals surface area (Å²) in [5.74, 6) is 0.509. The van der Waals surface area contributed by atoms with Gasteiger partial charge in [-0.15, -0.1) is 0 Å². The van der Waals surface area contributed by atoms with Crippen LogP contribution in [0.2, 0.25) is 0 Å². The van der Waals surface area contributed by atoms with Crippen molar-refractivity contribution in [2.24, 2.45) is 0 Å². The minimum atomic E-state index is -0.194. The van der Waals surface area contributed by atoms with E-state index in [1.807, 2.05) is 43.5 Å². The van der Waals surface area contributed by atoms with Gasteiger partial charge in [-0.25, -0.2) is 14.2 Å². The van der Waals surface area contributed by atoms with E-state index in [1.54, 1.807) is 59.2 Å². The molecule has 158 valence electrons. The van der Waals surface area contributed by atoms with Gasteiger partial charge in [0.1, 0.15) is 5.75 Å². The summed E-state index contributed by atoms with van der Waals surface area (Å²) in [5, 5.41) is 11.8. The molecule has 8 nitrogen and oxygen atoms in total. The lowest BCUT2D eigenvalue weighted by molar-refractivity contribution is 0.102. The van der Waals surface area contributed by atoms with E-state index in [9.17, 15) is 4.79 Å². The number of anilines is 1. The zero-order chi connectivity index (χ0) is 22.1. The van der Waals surface area contributed by atoms with Crippen molar-refractivity contribution in [3.05, 3.63) is 90.5 Å². The summed E-state index contributed by atoms with van der Waals surface area (Å²) < 4.78 is 8.71. The van der Waals surface area contributed by atoms with Gasteiger partial charge in [0.15, 0.2) is 5.65 Å². The maximum absolute atomic E-state index is 12.6. The molecule has 1 N–H and O–H groups in total. The minimum absolute atomic E-state index is 0.194. The Morgan fingerprint density at radius 3 is 2.69 bits per heavy atom. The SMILES string of the molecule is COc1ccc(C(=O)Nc2ccc(C)c(-n3cc(-c4cnc5cccnn45)cn3)c2)cc1. The van der Waals surface area contributed by atoms with Gasteiger partial charge in [0.2, 0.25) is 0 Å². The molecule has 8 heteroatoms. The maximum atomic E-state index is 12.6. The second-order valence-electron chi connectivity index (χ2n) is 7.29. The number of nitrogens with zero attached hydrogens (tertiary/aromatic N) is 5. The first-order valence-electron chi connectivity index (χ1n) is 10.0. The van der Waals surface area contributed by atoms with E-state index in [0.717, 1.165) is 28.2 Å². The standard InChI is InChI=1S/C24H20N6O2/c1-16-5-8-19(28-24(31)17-6-9-20(32-2)10-7-17)12-21(16)29-15-18(13-27-29)22-14-25-23-4-3-11-26-30(22)23/h3-15H,1-2H3,(H,28,31). The largest absolute Gasteiger partial charge is 0.497 e. The average Bonchev–Trinajstić information content (AvgIpc) is 3.47. The van der Waals surface area contributed by atoms with Crippen molar-refractivity contribution in [1.82, 2.24) is 24.4 Å². The molecule has 5 aromatic rings. The molecular formula is C24H20N6O2. The Hall–Kier alpha value is -4.46. The van der Waals surface area contributed by atoms with E-state index < -0.39 is 0 Å². The van der Waals surface area contributed by atoms with E-state index >= 15 is 0 Å². The van der Waals surface area contributed by atoms with Crippen molar-refractivity contribution in [2.75, 3.05) is 12.4 Å². The predicted octanol–water partition coefficient (Wildman–Crippen LogP) is 4.15. The molecule has 0 radical (unpaired) electrons. The van der Waals surface area contributed by atoms with Crippen LogP contribution in [-0.4, -0.2) is 37.4 Å². The summed E-state index contributed by atoms with van der Waals surface area (Å²) >= 11 is 0. The molecule has 0 atom stereocenters. The molecule has 5 rings (SSSR count). The number of hydrogen-bond acceptors (Lipinski definition) is 5. The van der Waals surface area contributed by atoms with Gasteiger partial charge in [0.25, 0.3) is 5.91 Å². The van der Waals surface area contributed by atoms with Gasteiger partial charge in [-0.1, -0.05) is 6.07 Å². The molecule has 0 bridgehead atoms. The number of carbonyl (C=O) groups excluding carboxylic acids is 1.